The van der Waals surface area contributed by atoms with Crippen LogP contribution in [0, 0.1) is 0 Å². The van der Waals surface area contributed by atoms with E-state index in [4.69, 9.17) is 10.5 Å². The van der Waals surface area contributed by atoms with Crippen LogP contribution in [0.15, 0.2) is 24.3 Å². The highest BCUT2D eigenvalue weighted by molar-refractivity contribution is 5.76. The molecule has 0 aliphatic carbocycles. The van der Waals surface area contributed by atoms with Gasteiger partial charge in [0.2, 0.25) is 5.91 Å². The number of carbonyl (C=O) groups is 1. The van der Waals surface area contributed by atoms with Gasteiger partial charge < -0.3 is 15.8 Å². The number of nitrogens with one attached hydrogen (secondary N) is 1. The molecule has 0 saturated carbocycles. The minimum absolute atomic E-state index is 0.00802. The van der Waals surface area contributed by atoms with E-state index in [2.05, 4.69) is 10.2 Å². The van der Waals surface area contributed by atoms with Gasteiger partial charge in [-0.15, -0.1) is 0 Å². The number of rotatable bonds is 8. The Morgan fingerprint density at radius 2 is 2.05 bits per heavy atom. The van der Waals surface area contributed by atoms with Crippen LogP contribution in [-0.4, -0.2) is 43.6 Å². The minimum Gasteiger partial charge on any atom is -0.496 e. The molecule has 5 nitrogen and oxygen atoms in total. The Morgan fingerprint density at radius 3 is 2.62 bits per heavy atom. The fourth-order valence-electron chi connectivity index (χ4n) is 2.25. The Labute approximate surface area is 127 Å². The number of carbonyl (C=O) groups excluding carboxylic acids is 1. The van der Waals surface area contributed by atoms with E-state index in [9.17, 15) is 4.79 Å². The van der Waals surface area contributed by atoms with Gasteiger partial charge in [-0.2, -0.15) is 0 Å². The quantitative estimate of drug-likeness (QED) is 0.759. The van der Waals surface area contributed by atoms with Crippen molar-refractivity contribution >= 4 is 5.91 Å². The smallest absolute Gasteiger partial charge is 0.221 e. The van der Waals surface area contributed by atoms with Crippen LogP contribution in [0.3, 0.4) is 0 Å². The molecule has 0 fully saturated rings. The van der Waals surface area contributed by atoms with Crippen molar-refractivity contribution in [2.24, 2.45) is 5.73 Å². The van der Waals surface area contributed by atoms with E-state index >= 15 is 0 Å². The molecule has 1 atom stereocenters. The molecule has 0 aromatic heterocycles. The molecule has 1 amide bonds. The summed E-state index contributed by atoms with van der Waals surface area (Å²) < 4.78 is 5.36. The topological polar surface area (TPSA) is 67.6 Å². The monoisotopic (exact) mass is 293 g/mol. The lowest BCUT2D eigenvalue weighted by Crippen LogP contribution is -2.42. The van der Waals surface area contributed by atoms with Gasteiger partial charge in [-0.05, 0) is 27.0 Å². The number of likely N-dealkylation sites (N-methyl/N-ethyl adjacent to an activating group) is 1. The number of para-hydroxylation sites is 1. The molecule has 0 radical (unpaired) electrons. The summed E-state index contributed by atoms with van der Waals surface area (Å²) in [6.07, 6.45) is 0.403. The Bertz CT molecular complexity index is 449. The van der Waals surface area contributed by atoms with Crippen molar-refractivity contribution in [1.82, 2.24) is 10.2 Å². The first-order valence-electron chi connectivity index (χ1n) is 7.29. The van der Waals surface area contributed by atoms with Crippen molar-refractivity contribution in [1.29, 1.82) is 0 Å². The molecule has 1 rings (SSSR count). The number of amides is 1. The molecule has 0 spiro atoms. The first-order chi connectivity index (χ1) is 9.97. The Hall–Kier alpha value is -1.59. The number of hydrogen-bond donors (Lipinski definition) is 2. The number of methoxy groups -OCH3 is 1. The molecule has 1 aromatic rings. The largest absolute Gasteiger partial charge is 0.496 e. The fraction of sp³-hybridized carbons (Fsp3) is 0.562. The molecular formula is C16H27N3O2. The molecule has 0 aliphatic heterocycles. The normalized spacial score (nSPS) is 12.5. The van der Waals surface area contributed by atoms with Gasteiger partial charge in [-0.25, -0.2) is 0 Å². The van der Waals surface area contributed by atoms with Gasteiger partial charge in [-0.1, -0.05) is 18.2 Å². The summed E-state index contributed by atoms with van der Waals surface area (Å²) in [6.45, 7) is 5.04. The number of nitrogens with two attached hydrogens (primary N) is 1. The van der Waals surface area contributed by atoms with Crippen molar-refractivity contribution in [2.75, 3.05) is 20.7 Å². The second kappa shape index (κ2) is 8.64. The van der Waals surface area contributed by atoms with Crippen LogP contribution in [-0.2, 0) is 11.3 Å². The molecule has 0 saturated heterocycles. The first kappa shape index (κ1) is 17.5. The standard InChI is InChI=1S/C16H27N3O2/c1-12(2)18-16(20)9-14(10-17)19(3)11-13-7-5-6-8-15(13)21-4/h5-8,12,14H,9-11,17H2,1-4H3,(H,18,20). The molecule has 5 heteroatoms. The average molecular weight is 293 g/mol. The number of ether oxygens (including phenoxy) is 1. The second-order valence-corrected chi connectivity index (χ2v) is 5.54. The van der Waals surface area contributed by atoms with E-state index in [1.165, 1.54) is 0 Å². The number of hydrogen-bond acceptors (Lipinski definition) is 4. The summed E-state index contributed by atoms with van der Waals surface area (Å²) in [4.78, 5) is 14.0. The molecule has 21 heavy (non-hydrogen) atoms. The average Bonchev–Trinajstić information content (AvgIpc) is 2.44. The summed E-state index contributed by atoms with van der Waals surface area (Å²) in [6, 6.07) is 8.04. The third kappa shape index (κ3) is 5.73. The van der Waals surface area contributed by atoms with E-state index < -0.39 is 0 Å². The van der Waals surface area contributed by atoms with Crippen molar-refractivity contribution in [3.63, 3.8) is 0 Å². The lowest BCUT2D eigenvalue weighted by atomic mass is 10.1. The van der Waals surface area contributed by atoms with Crippen LogP contribution in [0.5, 0.6) is 5.75 Å². The van der Waals surface area contributed by atoms with Gasteiger partial charge >= 0.3 is 0 Å². The van der Waals surface area contributed by atoms with Gasteiger partial charge in [0, 0.05) is 37.2 Å². The fourth-order valence-corrected chi connectivity index (χ4v) is 2.25. The summed E-state index contributed by atoms with van der Waals surface area (Å²) in [5.41, 5.74) is 6.91. The van der Waals surface area contributed by atoms with Crippen molar-refractivity contribution in [3.8, 4) is 5.75 Å². The molecule has 0 heterocycles. The third-order valence-electron chi connectivity index (χ3n) is 3.38. The van der Waals surface area contributed by atoms with Crippen LogP contribution in [0.4, 0.5) is 0 Å². The van der Waals surface area contributed by atoms with Crippen LogP contribution in [0.2, 0.25) is 0 Å². The molecule has 1 aromatic carbocycles. The van der Waals surface area contributed by atoms with Gasteiger partial charge in [-0.3, -0.25) is 9.69 Å². The summed E-state index contributed by atoms with van der Waals surface area (Å²) in [7, 11) is 3.64. The molecule has 0 aliphatic rings. The van der Waals surface area contributed by atoms with Gasteiger partial charge in [0.15, 0.2) is 0 Å². The maximum atomic E-state index is 11.9. The molecule has 1 unspecified atom stereocenters. The molecular weight excluding hydrogens is 266 g/mol. The SMILES string of the molecule is COc1ccccc1CN(C)C(CN)CC(=O)NC(C)C. The highest BCUT2D eigenvalue weighted by Gasteiger charge is 2.18. The van der Waals surface area contributed by atoms with Crippen LogP contribution in [0.1, 0.15) is 25.8 Å². The van der Waals surface area contributed by atoms with Gasteiger partial charge in [0.25, 0.3) is 0 Å². The van der Waals surface area contributed by atoms with Crippen molar-refractivity contribution < 1.29 is 9.53 Å². The lowest BCUT2D eigenvalue weighted by molar-refractivity contribution is -0.122. The first-order valence-corrected chi connectivity index (χ1v) is 7.29. The van der Waals surface area contributed by atoms with Crippen LogP contribution in [0.25, 0.3) is 0 Å². The number of nitrogens with zero attached hydrogens (tertiary/aromatic N) is 1. The van der Waals surface area contributed by atoms with E-state index in [-0.39, 0.29) is 18.0 Å². The molecule has 0 bridgehead atoms. The van der Waals surface area contributed by atoms with E-state index in [0.717, 1.165) is 11.3 Å². The van der Waals surface area contributed by atoms with Gasteiger partial charge in [0.05, 0.1) is 7.11 Å². The van der Waals surface area contributed by atoms with Crippen molar-refractivity contribution in [2.45, 2.75) is 38.9 Å². The second-order valence-electron chi connectivity index (χ2n) is 5.54. The van der Waals surface area contributed by atoms with E-state index in [1.54, 1.807) is 7.11 Å². The van der Waals surface area contributed by atoms with E-state index in [0.29, 0.717) is 19.5 Å². The third-order valence-corrected chi connectivity index (χ3v) is 3.38. The lowest BCUT2D eigenvalue weighted by Gasteiger charge is -2.27. The molecule has 3 N–H and O–H groups in total. The summed E-state index contributed by atoms with van der Waals surface area (Å²) in [5, 5.41) is 2.90. The predicted molar refractivity (Wildman–Crippen MR) is 85.2 cm³/mol. The maximum absolute atomic E-state index is 11.9. The highest BCUT2D eigenvalue weighted by atomic mass is 16.5. The Morgan fingerprint density at radius 1 is 1.38 bits per heavy atom. The predicted octanol–water partition coefficient (Wildman–Crippen LogP) is 1.37. The summed E-state index contributed by atoms with van der Waals surface area (Å²) in [5.74, 6) is 0.888. The zero-order chi connectivity index (χ0) is 15.8. The zero-order valence-corrected chi connectivity index (χ0v) is 13.4. The highest BCUT2D eigenvalue weighted by Crippen LogP contribution is 2.19. The van der Waals surface area contributed by atoms with Crippen LogP contribution < -0.4 is 15.8 Å². The maximum Gasteiger partial charge on any atom is 0.221 e. The van der Waals surface area contributed by atoms with Crippen molar-refractivity contribution in [3.05, 3.63) is 29.8 Å². The van der Waals surface area contributed by atoms with Gasteiger partial charge in [0.1, 0.15) is 5.75 Å². The molecule has 118 valence electrons. The zero-order valence-electron chi connectivity index (χ0n) is 13.4. The number of benzene rings is 1. The Kier molecular flexibility index (Phi) is 7.19. The summed E-state index contributed by atoms with van der Waals surface area (Å²) >= 11 is 0. The minimum atomic E-state index is 0.00802. The van der Waals surface area contributed by atoms with E-state index in [1.807, 2.05) is 45.2 Å². The Balaban J connectivity index is 2.66. The van der Waals surface area contributed by atoms with Crippen LogP contribution >= 0.6 is 0 Å².